The molecular formula is C22H28O2Si2. The number of benzene rings is 1. The van der Waals surface area contributed by atoms with Crippen LogP contribution in [0, 0.1) is 17.4 Å². The molecule has 0 fully saturated rings. The highest BCUT2D eigenvalue weighted by atomic mass is 28.3. The van der Waals surface area contributed by atoms with Gasteiger partial charge in [0.1, 0.15) is 8.07 Å². The van der Waals surface area contributed by atoms with Crippen LogP contribution >= 0.6 is 0 Å². The van der Waals surface area contributed by atoms with E-state index in [2.05, 4.69) is 50.7 Å². The van der Waals surface area contributed by atoms with Crippen molar-refractivity contribution < 1.29 is 9.59 Å². The zero-order valence-corrected chi connectivity index (χ0v) is 18.7. The Bertz CT molecular complexity index is 883. The van der Waals surface area contributed by atoms with E-state index in [9.17, 15) is 9.59 Å². The highest BCUT2D eigenvalue weighted by molar-refractivity contribution is 6.88. The van der Waals surface area contributed by atoms with Crippen LogP contribution in [0.4, 0.5) is 0 Å². The van der Waals surface area contributed by atoms with E-state index in [0.717, 1.165) is 28.3 Å². The molecule has 1 aromatic carbocycles. The van der Waals surface area contributed by atoms with Crippen molar-refractivity contribution in [2.75, 3.05) is 0 Å². The van der Waals surface area contributed by atoms with Gasteiger partial charge in [0, 0.05) is 24.0 Å². The molecule has 0 spiro atoms. The van der Waals surface area contributed by atoms with Gasteiger partial charge in [-0.2, -0.15) is 0 Å². The lowest BCUT2D eigenvalue weighted by atomic mass is 9.72. The normalized spacial score (nSPS) is 20.3. The number of fused-ring (bicyclic) bond motifs is 3. The second-order valence-electron chi connectivity index (χ2n) is 9.55. The summed E-state index contributed by atoms with van der Waals surface area (Å²) in [6, 6.07) is 5.99. The first-order valence-electron chi connectivity index (χ1n) is 9.46. The summed E-state index contributed by atoms with van der Waals surface area (Å²) in [7, 11) is -3.32. The number of Topliss-reactive ketones (excluding diaryl/α,β-unsaturated/α-hetero) is 2. The second-order valence-corrected chi connectivity index (χ2v) is 19.3. The van der Waals surface area contributed by atoms with E-state index in [4.69, 9.17) is 0 Å². The van der Waals surface area contributed by atoms with Crippen molar-refractivity contribution >= 4 is 33.3 Å². The molecule has 136 valence electrons. The van der Waals surface area contributed by atoms with Gasteiger partial charge < -0.3 is 0 Å². The lowest BCUT2D eigenvalue weighted by Gasteiger charge is -2.37. The van der Waals surface area contributed by atoms with Crippen molar-refractivity contribution in [1.29, 1.82) is 0 Å². The molecule has 0 saturated heterocycles. The molecule has 0 aromatic heterocycles. The molecule has 0 heterocycles. The van der Waals surface area contributed by atoms with Gasteiger partial charge in [-0.1, -0.05) is 57.3 Å². The SMILES string of the molecule is C[Si](C)(C)C#Cc1cccc2c1C(=O)C[C@@H]1CCC(=O)C([Si](C)(C)C)=C21. The van der Waals surface area contributed by atoms with Crippen molar-refractivity contribution in [1.82, 2.24) is 0 Å². The van der Waals surface area contributed by atoms with Gasteiger partial charge in [-0.25, -0.2) is 0 Å². The van der Waals surface area contributed by atoms with E-state index in [1.54, 1.807) is 0 Å². The topological polar surface area (TPSA) is 34.1 Å². The van der Waals surface area contributed by atoms with Crippen LogP contribution < -0.4 is 0 Å². The van der Waals surface area contributed by atoms with Gasteiger partial charge in [-0.05, 0) is 34.7 Å². The van der Waals surface area contributed by atoms with E-state index in [1.807, 2.05) is 18.2 Å². The van der Waals surface area contributed by atoms with Gasteiger partial charge in [-0.15, -0.1) is 5.54 Å². The van der Waals surface area contributed by atoms with Crippen LogP contribution in [-0.4, -0.2) is 27.7 Å². The molecule has 0 aliphatic heterocycles. The van der Waals surface area contributed by atoms with Crippen LogP contribution in [0.3, 0.4) is 0 Å². The first-order chi connectivity index (χ1) is 12.0. The average molecular weight is 381 g/mol. The minimum Gasteiger partial charge on any atom is -0.295 e. The van der Waals surface area contributed by atoms with Gasteiger partial charge in [-0.3, -0.25) is 9.59 Å². The van der Waals surface area contributed by atoms with Gasteiger partial charge >= 0.3 is 0 Å². The first kappa shape index (κ1) is 19.1. The van der Waals surface area contributed by atoms with E-state index in [0.29, 0.717) is 18.6 Å². The van der Waals surface area contributed by atoms with Crippen molar-refractivity contribution in [2.24, 2.45) is 5.92 Å². The molecule has 1 atom stereocenters. The van der Waals surface area contributed by atoms with Crippen LogP contribution in [0.15, 0.2) is 23.4 Å². The summed E-state index contributed by atoms with van der Waals surface area (Å²) in [6.07, 6.45) is 1.92. The van der Waals surface area contributed by atoms with E-state index >= 15 is 0 Å². The lowest BCUT2D eigenvalue weighted by Crippen LogP contribution is -2.37. The molecule has 0 amide bonds. The van der Waals surface area contributed by atoms with Gasteiger partial charge in [0.05, 0.1) is 8.07 Å². The molecule has 2 aliphatic carbocycles. The smallest absolute Gasteiger partial charge is 0.165 e. The Morgan fingerprint density at radius 3 is 2.31 bits per heavy atom. The zero-order valence-electron chi connectivity index (χ0n) is 16.7. The number of hydrogen-bond acceptors (Lipinski definition) is 2. The maximum Gasteiger partial charge on any atom is 0.165 e. The van der Waals surface area contributed by atoms with E-state index in [1.165, 1.54) is 5.57 Å². The highest BCUT2D eigenvalue weighted by Gasteiger charge is 2.41. The number of ketones is 2. The van der Waals surface area contributed by atoms with Crippen LogP contribution in [0.25, 0.3) is 5.57 Å². The molecule has 0 bridgehead atoms. The Kier molecular flexibility index (Phi) is 4.75. The summed E-state index contributed by atoms with van der Waals surface area (Å²) < 4.78 is 0. The van der Waals surface area contributed by atoms with Crippen molar-refractivity contribution in [3.8, 4) is 11.5 Å². The Labute approximate surface area is 159 Å². The summed E-state index contributed by atoms with van der Waals surface area (Å²) in [4.78, 5) is 25.8. The molecule has 0 saturated carbocycles. The molecule has 0 N–H and O–H groups in total. The Morgan fingerprint density at radius 2 is 1.69 bits per heavy atom. The molecule has 2 nitrogen and oxygen atoms in total. The predicted octanol–water partition coefficient (Wildman–Crippen LogP) is 5.11. The van der Waals surface area contributed by atoms with Crippen molar-refractivity contribution in [2.45, 2.75) is 58.5 Å². The molecule has 0 unspecified atom stereocenters. The number of carbonyl (C=O) groups is 2. The quantitative estimate of drug-likeness (QED) is 0.501. The monoisotopic (exact) mass is 380 g/mol. The maximum absolute atomic E-state index is 13.0. The minimum absolute atomic E-state index is 0.193. The number of carbonyl (C=O) groups excluding carboxylic acids is 2. The summed E-state index contributed by atoms with van der Waals surface area (Å²) in [6.45, 7) is 13.3. The van der Waals surface area contributed by atoms with Crippen LogP contribution in [0.2, 0.25) is 39.3 Å². The van der Waals surface area contributed by atoms with Crippen LogP contribution in [0.1, 0.15) is 40.7 Å². The Morgan fingerprint density at radius 1 is 1.00 bits per heavy atom. The largest absolute Gasteiger partial charge is 0.295 e. The standard InChI is InChI=1S/C22H28O2Si2/c1-25(2,3)13-12-15-8-7-9-17-20(15)19(24)14-16-10-11-18(23)22(21(16)17)26(4,5)6/h7-9,16H,10-11,14H2,1-6H3/t16-/m0/s1. The number of hydrogen-bond donors (Lipinski definition) is 0. The number of rotatable bonds is 1. The molecule has 2 aliphatic rings. The average Bonchev–Trinajstić information content (AvgIpc) is 2.51. The predicted molar refractivity (Wildman–Crippen MR) is 114 cm³/mol. The summed E-state index contributed by atoms with van der Waals surface area (Å²) in [5.41, 5.74) is 7.15. The fourth-order valence-electron chi connectivity index (χ4n) is 4.07. The maximum atomic E-state index is 13.0. The van der Waals surface area contributed by atoms with Crippen molar-refractivity contribution in [3.63, 3.8) is 0 Å². The molecule has 1 aromatic rings. The van der Waals surface area contributed by atoms with Gasteiger partial charge in [0.25, 0.3) is 0 Å². The van der Waals surface area contributed by atoms with Gasteiger partial charge in [0.15, 0.2) is 11.6 Å². The van der Waals surface area contributed by atoms with E-state index < -0.39 is 16.1 Å². The second kappa shape index (κ2) is 6.47. The Hall–Kier alpha value is -1.71. The molecule has 0 radical (unpaired) electrons. The lowest BCUT2D eigenvalue weighted by molar-refractivity contribution is -0.115. The van der Waals surface area contributed by atoms with E-state index in [-0.39, 0.29) is 11.7 Å². The Balaban J connectivity index is 2.30. The highest BCUT2D eigenvalue weighted by Crippen LogP contribution is 2.46. The summed E-state index contributed by atoms with van der Waals surface area (Å²) >= 11 is 0. The first-order valence-corrected chi connectivity index (χ1v) is 16.5. The third kappa shape index (κ3) is 3.56. The third-order valence-electron chi connectivity index (χ3n) is 5.06. The molecular weight excluding hydrogens is 352 g/mol. The zero-order chi connectivity index (χ0) is 19.3. The summed E-state index contributed by atoms with van der Waals surface area (Å²) in [5, 5.41) is 1.05. The molecule has 4 heteroatoms. The fourth-order valence-corrected chi connectivity index (χ4v) is 6.69. The van der Waals surface area contributed by atoms with Crippen LogP contribution in [0.5, 0.6) is 0 Å². The fraction of sp³-hybridized carbons (Fsp3) is 0.455. The number of allylic oxidation sites excluding steroid dienone is 2. The molecule has 26 heavy (non-hydrogen) atoms. The van der Waals surface area contributed by atoms with Crippen LogP contribution in [-0.2, 0) is 4.79 Å². The summed E-state index contributed by atoms with van der Waals surface area (Å²) in [5.74, 6) is 3.99. The molecule has 3 rings (SSSR count). The van der Waals surface area contributed by atoms with Crippen molar-refractivity contribution in [3.05, 3.63) is 40.1 Å². The third-order valence-corrected chi connectivity index (χ3v) is 7.99. The van der Waals surface area contributed by atoms with Gasteiger partial charge in [0.2, 0.25) is 0 Å². The minimum atomic E-state index is -1.79.